The number of nitrogens with one attached hydrogen (secondary N) is 1. The summed E-state index contributed by atoms with van der Waals surface area (Å²) in [5, 5.41) is 10.8. The van der Waals surface area contributed by atoms with Crippen LogP contribution in [0.4, 0.5) is 0 Å². The maximum absolute atomic E-state index is 9.70. The van der Waals surface area contributed by atoms with Gasteiger partial charge in [0.05, 0.1) is 13.7 Å². The van der Waals surface area contributed by atoms with E-state index in [1.807, 2.05) is 37.3 Å². The van der Waals surface area contributed by atoms with Gasteiger partial charge in [-0.1, -0.05) is 30.3 Å². The fraction of sp³-hybridized carbons (Fsp3) is 0.222. The largest absolute Gasteiger partial charge is 0.496 e. The van der Waals surface area contributed by atoms with Crippen LogP contribution in [0, 0.1) is 6.92 Å². The Morgan fingerprint density at radius 3 is 2.48 bits per heavy atom. The highest BCUT2D eigenvalue weighted by molar-refractivity contribution is 5.90. The van der Waals surface area contributed by atoms with Gasteiger partial charge < -0.3 is 14.8 Å². The van der Waals surface area contributed by atoms with E-state index in [1.165, 1.54) is 5.56 Å². The van der Waals surface area contributed by atoms with Crippen LogP contribution in [0.5, 0.6) is 5.75 Å². The van der Waals surface area contributed by atoms with Crippen molar-refractivity contribution in [2.24, 2.45) is 0 Å². The Morgan fingerprint density at radius 1 is 1.05 bits per heavy atom. The second-order valence-corrected chi connectivity index (χ2v) is 5.22. The molecule has 108 valence electrons. The van der Waals surface area contributed by atoms with Gasteiger partial charge in [0, 0.05) is 34.1 Å². The molecule has 0 unspecified atom stereocenters. The second kappa shape index (κ2) is 5.62. The van der Waals surface area contributed by atoms with Gasteiger partial charge in [0.25, 0.3) is 0 Å². The van der Waals surface area contributed by atoms with E-state index in [1.54, 1.807) is 7.11 Å². The van der Waals surface area contributed by atoms with Crippen molar-refractivity contribution in [3.63, 3.8) is 0 Å². The Morgan fingerprint density at radius 2 is 1.81 bits per heavy atom. The lowest BCUT2D eigenvalue weighted by molar-refractivity contribution is 0.282. The van der Waals surface area contributed by atoms with Crippen molar-refractivity contribution in [3.05, 3.63) is 64.8 Å². The summed E-state index contributed by atoms with van der Waals surface area (Å²) < 4.78 is 5.54. The number of aliphatic hydroxyl groups excluding tert-OH is 1. The molecule has 0 atom stereocenters. The first kappa shape index (κ1) is 13.7. The molecule has 0 aliphatic carbocycles. The van der Waals surface area contributed by atoms with Crippen molar-refractivity contribution in [2.45, 2.75) is 20.0 Å². The van der Waals surface area contributed by atoms with E-state index in [2.05, 4.69) is 17.1 Å². The van der Waals surface area contributed by atoms with Crippen molar-refractivity contribution in [1.82, 2.24) is 4.98 Å². The molecule has 1 heterocycles. The molecule has 3 rings (SSSR count). The Hall–Kier alpha value is -2.26. The van der Waals surface area contributed by atoms with Crippen molar-refractivity contribution in [3.8, 4) is 5.75 Å². The Kier molecular flexibility index (Phi) is 3.67. The van der Waals surface area contributed by atoms with Crippen LogP contribution in [-0.2, 0) is 13.0 Å². The molecule has 0 aliphatic heterocycles. The third-order valence-electron chi connectivity index (χ3n) is 3.95. The third kappa shape index (κ3) is 2.41. The Balaban J connectivity index is 2.22. The number of aromatic amines is 1. The minimum Gasteiger partial charge on any atom is -0.496 e. The molecule has 2 aromatic carbocycles. The average Bonchev–Trinajstić information content (AvgIpc) is 2.84. The highest BCUT2D eigenvalue weighted by atomic mass is 16.5. The Bertz CT molecular complexity index is 760. The molecule has 0 aliphatic rings. The van der Waals surface area contributed by atoms with E-state index in [0.717, 1.165) is 39.9 Å². The van der Waals surface area contributed by atoms with Gasteiger partial charge in [0.1, 0.15) is 5.75 Å². The summed E-state index contributed by atoms with van der Waals surface area (Å²) in [5.74, 6) is 0.861. The highest BCUT2D eigenvalue weighted by Gasteiger charge is 2.16. The summed E-state index contributed by atoms with van der Waals surface area (Å²) in [5.41, 5.74) is 5.36. The number of aromatic nitrogens is 1. The SMILES string of the molecule is COc1ccc2[nH]c(C)c(CO)c2c1Cc1ccccc1. The number of methoxy groups -OCH3 is 1. The maximum atomic E-state index is 9.70. The Labute approximate surface area is 124 Å². The molecule has 21 heavy (non-hydrogen) atoms. The van der Waals surface area contributed by atoms with Gasteiger partial charge in [-0.25, -0.2) is 0 Å². The molecule has 0 saturated heterocycles. The third-order valence-corrected chi connectivity index (χ3v) is 3.95. The van der Waals surface area contributed by atoms with Crippen LogP contribution >= 0.6 is 0 Å². The fourth-order valence-corrected chi connectivity index (χ4v) is 2.91. The number of aliphatic hydroxyl groups is 1. The zero-order chi connectivity index (χ0) is 14.8. The van der Waals surface area contributed by atoms with Crippen LogP contribution < -0.4 is 4.74 Å². The maximum Gasteiger partial charge on any atom is 0.123 e. The number of aryl methyl sites for hydroxylation is 1. The van der Waals surface area contributed by atoms with Crippen LogP contribution in [0.2, 0.25) is 0 Å². The van der Waals surface area contributed by atoms with Gasteiger partial charge in [0.2, 0.25) is 0 Å². The fourth-order valence-electron chi connectivity index (χ4n) is 2.91. The quantitative estimate of drug-likeness (QED) is 0.768. The predicted molar refractivity (Wildman–Crippen MR) is 84.8 cm³/mol. The van der Waals surface area contributed by atoms with Crippen LogP contribution in [0.1, 0.15) is 22.4 Å². The average molecular weight is 281 g/mol. The molecule has 0 bridgehead atoms. The van der Waals surface area contributed by atoms with Crippen LogP contribution in [0.25, 0.3) is 10.9 Å². The summed E-state index contributed by atoms with van der Waals surface area (Å²) in [4.78, 5) is 3.34. The molecule has 1 aromatic heterocycles. The monoisotopic (exact) mass is 281 g/mol. The number of hydrogen-bond acceptors (Lipinski definition) is 2. The first-order valence-electron chi connectivity index (χ1n) is 7.06. The lowest BCUT2D eigenvalue weighted by Crippen LogP contribution is -1.96. The summed E-state index contributed by atoms with van der Waals surface area (Å²) in [6.07, 6.45) is 0.783. The number of H-pyrrole nitrogens is 1. The van der Waals surface area contributed by atoms with Gasteiger partial charge in [-0.3, -0.25) is 0 Å². The zero-order valence-corrected chi connectivity index (χ0v) is 12.3. The first-order chi connectivity index (χ1) is 10.2. The van der Waals surface area contributed by atoms with E-state index < -0.39 is 0 Å². The van der Waals surface area contributed by atoms with E-state index in [9.17, 15) is 5.11 Å². The lowest BCUT2D eigenvalue weighted by atomic mass is 9.97. The minimum absolute atomic E-state index is 0.0286. The number of rotatable bonds is 4. The zero-order valence-electron chi connectivity index (χ0n) is 12.3. The van der Waals surface area contributed by atoms with Crippen LogP contribution in [-0.4, -0.2) is 17.2 Å². The number of benzene rings is 2. The normalized spacial score (nSPS) is 11.0. The van der Waals surface area contributed by atoms with Crippen molar-refractivity contribution in [2.75, 3.05) is 7.11 Å². The minimum atomic E-state index is 0.0286. The van der Waals surface area contributed by atoms with Gasteiger partial charge >= 0.3 is 0 Å². The summed E-state index contributed by atoms with van der Waals surface area (Å²) >= 11 is 0. The highest BCUT2D eigenvalue weighted by Crippen LogP contribution is 2.33. The summed E-state index contributed by atoms with van der Waals surface area (Å²) in [6, 6.07) is 14.3. The van der Waals surface area contributed by atoms with Gasteiger partial charge in [-0.2, -0.15) is 0 Å². The molecule has 3 nitrogen and oxygen atoms in total. The van der Waals surface area contributed by atoms with Crippen molar-refractivity contribution < 1.29 is 9.84 Å². The lowest BCUT2D eigenvalue weighted by Gasteiger charge is -2.11. The molecule has 0 radical (unpaired) electrons. The topological polar surface area (TPSA) is 45.2 Å². The van der Waals surface area contributed by atoms with Gasteiger partial charge in [-0.15, -0.1) is 0 Å². The predicted octanol–water partition coefficient (Wildman–Crippen LogP) is 3.57. The number of ether oxygens (including phenoxy) is 1. The van der Waals surface area contributed by atoms with Gasteiger partial charge in [0.15, 0.2) is 0 Å². The number of hydrogen-bond donors (Lipinski definition) is 2. The molecular weight excluding hydrogens is 262 g/mol. The second-order valence-electron chi connectivity index (χ2n) is 5.22. The van der Waals surface area contributed by atoms with E-state index >= 15 is 0 Å². The molecule has 3 heteroatoms. The first-order valence-corrected chi connectivity index (χ1v) is 7.06. The molecule has 2 N–H and O–H groups in total. The van der Waals surface area contributed by atoms with Crippen molar-refractivity contribution >= 4 is 10.9 Å². The van der Waals surface area contributed by atoms with Crippen molar-refractivity contribution in [1.29, 1.82) is 0 Å². The number of fused-ring (bicyclic) bond motifs is 1. The molecule has 0 saturated carbocycles. The van der Waals surface area contributed by atoms with E-state index in [0.29, 0.717) is 0 Å². The summed E-state index contributed by atoms with van der Waals surface area (Å²) in [6.45, 7) is 2.02. The van der Waals surface area contributed by atoms with E-state index in [-0.39, 0.29) is 6.61 Å². The molecule has 3 aromatic rings. The molecule has 0 amide bonds. The molecule has 0 spiro atoms. The van der Waals surface area contributed by atoms with Gasteiger partial charge in [-0.05, 0) is 24.6 Å². The molecule has 0 fully saturated rings. The van der Waals surface area contributed by atoms with Crippen LogP contribution in [0.3, 0.4) is 0 Å². The molecular formula is C18H19NO2. The standard InChI is InChI=1S/C18H19NO2/c1-12-15(11-20)18-14(10-13-6-4-3-5-7-13)17(21-2)9-8-16(18)19-12/h3-9,19-20H,10-11H2,1-2H3. The summed E-state index contributed by atoms with van der Waals surface area (Å²) in [7, 11) is 1.69. The van der Waals surface area contributed by atoms with E-state index in [4.69, 9.17) is 4.74 Å². The van der Waals surface area contributed by atoms with Crippen LogP contribution in [0.15, 0.2) is 42.5 Å². The smallest absolute Gasteiger partial charge is 0.123 e.